The first-order valence-corrected chi connectivity index (χ1v) is 5.40. The highest BCUT2D eigenvalue weighted by Crippen LogP contribution is 2.11. The van der Waals surface area contributed by atoms with Gasteiger partial charge in [-0.05, 0) is 11.4 Å². The van der Waals surface area contributed by atoms with Crippen molar-refractivity contribution in [1.82, 2.24) is 9.97 Å². The largest absolute Gasteiger partial charge is 0.481 e. The lowest BCUT2D eigenvalue weighted by atomic mass is 10.5. The van der Waals surface area contributed by atoms with E-state index in [1.807, 2.05) is 11.4 Å². The van der Waals surface area contributed by atoms with Crippen LogP contribution in [0, 0.1) is 0 Å². The molecule has 5 heteroatoms. The Kier molecular flexibility index (Phi) is 3.14. The molecule has 0 atom stereocenters. The van der Waals surface area contributed by atoms with E-state index in [-0.39, 0.29) is 0 Å². The van der Waals surface area contributed by atoms with E-state index in [4.69, 9.17) is 4.74 Å². The molecule has 0 aliphatic heterocycles. The molecule has 2 rings (SSSR count). The van der Waals surface area contributed by atoms with Gasteiger partial charge in [-0.2, -0.15) is 4.98 Å². The number of hydrogen-bond donors (Lipinski definition) is 1. The Labute approximate surface area is 92.0 Å². The number of aromatic nitrogens is 2. The molecular weight excluding hydrogens is 210 g/mol. The van der Waals surface area contributed by atoms with Gasteiger partial charge in [-0.15, -0.1) is 11.3 Å². The molecule has 0 aromatic carbocycles. The second kappa shape index (κ2) is 4.75. The quantitative estimate of drug-likeness (QED) is 0.859. The molecule has 2 aromatic heterocycles. The first-order chi connectivity index (χ1) is 7.38. The minimum atomic E-state index is 0.568. The minimum absolute atomic E-state index is 0.568. The van der Waals surface area contributed by atoms with E-state index in [1.54, 1.807) is 30.7 Å². The van der Waals surface area contributed by atoms with Crippen molar-refractivity contribution in [1.29, 1.82) is 0 Å². The van der Waals surface area contributed by atoms with Gasteiger partial charge in [-0.3, -0.25) is 0 Å². The van der Waals surface area contributed by atoms with Crippen LogP contribution in [0.3, 0.4) is 0 Å². The van der Waals surface area contributed by atoms with Crippen molar-refractivity contribution in [2.75, 3.05) is 12.4 Å². The maximum absolute atomic E-state index is 5.00. The van der Waals surface area contributed by atoms with Crippen molar-refractivity contribution in [3.63, 3.8) is 0 Å². The highest BCUT2D eigenvalue weighted by molar-refractivity contribution is 7.09. The van der Waals surface area contributed by atoms with Crippen molar-refractivity contribution >= 4 is 17.3 Å². The lowest BCUT2D eigenvalue weighted by molar-refractivity contribution is 0.397. The molecule has 0 aliphatic rings. The fraction of sp³-hybridized carbons (Fsp3) is 0.200. The van der Waals surface area contributed by atoms with Crippen LogP contribution in [0.2, 0.25) is 0 Å². The summed E-state index contributed by atoms with van der Waals surface area (Å²) in [6, 6.07) is 5.81. The Balaban J connectivity index is 1.98. The Morgan fingerprint density at radius 3 is 3.13 bits per heavy atom. The van der Waals surface area contributed by atoms with Gasteiger partial charge in [-0.25, -0.2) is 4.98 Å². The van der Waals surface area contributed by atoms with Gasteiger partial charge in [0.05, 0.1) is 13.7 Å². The van der Waals surface area contributed by atoms with Gasteiger partial charge < -0.3 is 10.1 Å². The van der Waals surface area contributed by atoms with Crippen molar-refractivity contribution in [3.8, 4) is 5.88 Å². The molecule has 0 aliphatic carbocycles. The Morgan fingerprint density at radius 2 is 2.40 bits per heavy atom. The zero-order chi connectivity index (χ0) is 10.5. The second-order valence-electron chi connectivity index (χ2n) is 2.86. The number of nitrogens with zero attached hydrogens (tertiary/aromatic N) is 2. The molecule has 2 aromatic rings. The Hall–Kier alpha value is -1.62. The molecule has 0 fully saturated rings. The van der Waals surface area contributed by atoms with Crippen molar-refractivity contribution in [2.45, 2.75) is 6.54 Å². The van der Waals surface area contributed by atoms with Crippen LogP contribution >= 0.6 is 11.3 Å². The standard InChI is InChI=1S/C10H11N3OS/c1-14-9-4-5-11-10(13-9)12-7-8-3-2-6-15-8/h2-6H,7H2,1H3,(H,11,12,13). The highest BCUT2D eigenvalue weighted by Gasteiger charge is 1.99. The van der Waals surface area contributed by atoms with Gasteiger partial charge in [0.15, 0.2) is 0 Å². The van der Waals surface area contributed by atoms with Gasteiger partial charge in [0.2, 0.25) is 11.8 Å². The third-order valence-corrected chi connectivity index (χ3v) is 2.72. The molecule has 0 spiro atoms. The topological polar surface area (TPSA) is 47.0 Å². The Morgan fingerprint density at radius 1 is 1.47 bits per heavy atom. The summed E-state index contributed by atoms with van der Waals surface area (Å²) in [5, 5.41) is 5.18. The molecule has 0 bridgehead atoms. The Bertz CT molecular complexity index is 416. The SMILES string of the molecule is COc1ccnc(NCc2cccs2)n1. The van der Waals surface area contributed by atoms with Gasteiger partial charge in [0, 0.05) is 17.1 Å². The molecule has 0 unspecified atom stereocenters. The van der Waals surface area contributed by atoms with Crippen LogP contribution < -0.4 is 10.1 Å². The van der Waals surface area contributed by atoms with E-state index in [9.17, 15) is 0 Å². The molecule has 2 heterocycles. The van der Waals surface area contributed by atoms with E-state index >= 15 is 0 Å². The lowest BCUT2D eigenvalue weighted by Gasteiger charge is -2.03. The summed E-state index contributed by atoms with van der Waals surface area (Å²) in [5.41, 5.74) is 0. The van der Waals surface area contributed by atoms with Crippen LogP contribution in [0.1, 0.15) is 4.88 Å². The van der Waals surface area contributed by atoms with E-state index in [1.165, 1.54) is 4.88 Å². The number of rotatable bonds is 4. The third-order valence-electron chi connectivity index (χ3n) is 1.84. The molecule has 0 saturated carbocycles. The maximum atomic E-state index is 5.00. The lowest BCUT2D eigenvalue weighted by Crippen LogP contribution is -2.02. The van der Waals surface area contributed by atoms with Crippen molar-refractivity contribution in [3.05, 3.63) is 34.7 Å². The highest BCUT2D eigenvalue weighted by atomic mass is 32.1. The summed E-state index contributed by atoms with van der Waals surface area (Å²) in [4.78, 5) is 9.49. The molecule has 1 N–H and O–H groups in total. The minimum Gasteiger partial charge on any atom is -0.481 e. The van der Waals surface area contributed by atoms with Crippen LogP contribution in [-0.2, 0) is 6.54 Å². The third kappa shape index (κ3) is 2.66. The maximum Gasteiger partial charge on any atom is 0.226 e. The van der Waals surface area contributed by atoms with E-state index in [0.29, 0.717) is 11.8 Å². The van der Waals surface area contributed by atoms with E-state index in [0.717, 1.165) is 6.54 Å². The molecule has 15 heavy (non-hydrogen) atoms. The van der Waals surface area contributed by atoms with Crippen LogP contribution in [0.5, 0.6) is 5.88 Å². The van der Waals surface area contributed by atoms with Gasteiger partial charge >= 0.3 is 0 Å². The summed E-state index contributed by atoms with van der Waals surface area (Å²) in [6.45, 7) is 0.741. The molecule has 78 valence electrons. The first-order valence-electron chi connectivity index (χ1n) is 4.52. The van der Waals surface area contributed by atoms with E-state index < -0.39 is 0 Å². The molecule has 0 radical (unpaired) electrons. The average molecular weight is 221 g/mol. The summed E-state index contributed by atoms with van der Waals surface area (Å²) in [7, 11) is 1.59. The van der Waals surface area contributed by atoms with Gasteiger partial charge in [-0.1, -0.05) is 6.07 Å². The number of hydrogen-bond acceptors (Lipinski definition) is 5. The normalized spacial score (nSPS) is 9.93. The number of nitrogens with one attached hydrogen (secondary N) is 1. The number of thiophene rings is 1. The number of methoxy groups -OCH3 is 1. The van der Waals surface area contributed by atoms with Crippen molar-refractivity contribution < 1.29 is 4.74 Å². The van der Waals surface area contributed by atoms with Crippen LogP contribution in [0.15, 0.2) is 29.8 Å². The fourth-order valence-electron chi connectivity index (χ4n) is 1.12. The zero-order valence-corrected chi connectivity index (χ0v) is 9.12. The molecule has 0 saturated heterocycles. The number of anilines is 1. The van der Waals surface area contributed by atoms with Gasteiger partial charge in [0.25, 0.3) is 0 Å². The fourth-order valence-corrected chi connectivity index (χ4v) is 1.76. The molecule has 4 nitrogen and oxygen atoms in total. The van der Waals surface area contributed by atoms with Crippen LogP contribution in [0.25, 0.3) is 0 Å². The summed E-state index contributed by atoms with van der Waals surface area (Å²) < 4.78 is 5.00. The first kappa shape index (κ1) is 9.92. The van der Waals surface area contributed by atoms with Crippen LogP contribution in [0.4, 0.5) is 5.95 Å². The van der Waals surface area contributed by atoms with E-state index in [2.05, 4.69) is 21.4 Å². The summed E-state index contributed by atoms with van der Waals surface area (Å²) >= 11 is 1.70. The molecule has 0 amide bonds. The smallest absolute Gasteiger partial charge is 0.226 e. The average Bonchev–Trinajstić information content (AvgIpc) is 2.79. The monoisotopic (exact) mass is 221 g/mol. The van der Waals surface area contributed by atoms with Crippen LogP contribution in [-0.4, -0.2) is 17.1 Å². The zero-order valence-electron chi connectivity index (χ0n) is 8.30. The second-order valence-corrected chi connectivity index (χ2v) is 3.89. The van der Waals surface area contributed by atoms with Crippen molar-refractivity contribution in [2.24, 2.45) is 0 Å². The summed E-state index contributed by atoms with van der Waals surface area (Å²) in [6.07, 6.45) is 1.67. The van der Waals surface area contributed by atoms with Gasteiger partial charge in [0.1, 0.15) is 0 Å². The predicted octanol–water partition coefficient (Wildman–Crippen LogP) is 2.16. The molecular formula is C10H11N3OS. The summed E-state index contributed by atoms with van der Waals surface area (Å²) in [5.74, 6) is 1.15. The number of ether oxygens (including phenoxy) is 1. The predicted molar refractivity (Wildman–Crippen MR) is 60.2 cm³/mol.